The van der Waals surface area contributed by atoms with E-state index in [2.05, 4.69) is 5.32 Å². The summed E-state index contributed by atoms with van der Waals surface area (Å²) in [5, 5.41) is 40.9. The molecule has 8 rings (SSSR count). The Hall–Kier alpha value is -6.72. The Morgan fingerprint density at radius 3 is 1.86 bits per heavy atom. The van der Waals surface area contributed by atoms with Crippen molar-refractivity contribution in [3.05, 3.63) is 144 Å². The maximum Gasteiger partial charge on any atom is 0.338 e. The normalized spacial score (nSPS) is 29.7. The predicted molar refractivity (Wildman–Crippen MR) is 247 cm³/mol. The molecule has 0 aromatic heterocycles. The van der Waals surface area contributed by atoms with Crippen LogP contribution in [-0.2, 0) is 42.9 Å². The fourth-order valence-corrected chi connectivity index (χ4v) is 11.1. The molecule has 0 spiro atoms. The Morgan fingerprint density at radius 1 is 0.783 bits per heavy atom. The van der Waals surface area contributed by atoms with Gasteiger partial charge in [-0.3, -0.25) is 19.3 Å². The number of nitrogens with one attached hydrogen (secondary N) is 1. The summed E-state index contributed by atoms with van der Waals surface area (Å²) in [5.74, 6) is -6.32. The van der Waals surface area contributed by atoms with Crippen molar-refractivity contribution in [3.63, 3.8) is 0 Å². The first-order chi connectivity index (χ1) is 32.8. The van der Waals surface area contributed by atoms with E-state index in [-0.39, 0.29) is 29.7 Å². The lowest BCUT2D eigenvalue weighted by atomic mass is 9.44. The maximum absolute atomic E-state index is 15.6. The van der Waals surface area contributed by atoms with Crippen molar-refractivity contribution >= 4 is 47.1 Å². The highest BCUT2D eigenvalue weighted by atomic mass is 16.6. The van der Waals surface area contributed by atoms with E-state index in [1.807, 2.05) is 0 Å². The van der Waals surface area contributed by atoms with E-state index in [0.29, 0.717) is 16.9 Å². The van der Waals surface area contributed by atoms with E-state index in [1.54, 1.807) is 123 Å². The van der Waals surface area contributed by atoms with Crippen LogP contribution in [0.3, 0.4) is 0 Å². The van der Waals surface area contributed by atoms with E-state index in [4.69, 9.17) is 23.7 Å². The summed E-state index contributed by atoms with van der Waals surface area (Å²) in [6.07, 6.45) is -10.7. The molecule has 2 bridgehead atoms. The number of benzene rings is 4. The highest BCUT2D eigenvalue weighted by Gasteiger charge is 2.78. The van der Waals surface area contributed by atoms with Crippen LogP contribution in [0.25, 0.3) is 0 Å². The number of aliphatic hydroxyl groups is 3. The molecule has 3 aliphatic carbocycles. The van der Waals surface area contributed by atoms with Crippen LogP contribution in [0, 0.1) is 16.7 Å². The van der Waals surface area contributed by atoms with Crippen molar-refractivity contribution < 1.29 is 67.8 Å². The van der Waals surface area contributed by atoms with Crippen molar-refractivity contribution in [1.29, 1.82) is 0 Å². The summed E-state index contributed by atoms with van der Waals surface area (Å²) in [4.78, 5) is 86.7. The number of urea groups is 1. The van der Waals surface area contributed by atoms with Crippen molar-refractivity contribution in [2.75, 3.05) is 11.5 Å². The average Bonchev–Trinajstić information content (AvgIpc) is 3.32. The largest absolute Gasteiger partial charge is 0.456 e. The molecule has 11 atom stereocenters. The first kappa shape index (κ1) is 48.7. The smallest absolute Gasteiger partial charge is 0.338 e. The number of amides is 2. The van der Waals surface area contributed by atoms with Crippen LogP contribution in [0.15, 0.2) is 132 Å². The number of Topliss-reactive ketones (excluding diaryl/α,β-unsaturated/α-hetero) is 1. The molecule has 4 N–H and O–H groups in total. The second kappa shape index (κ2) is 18.6. The zero-order valence-corrected chi connectivity index (χ0v) is 39.1. The SMILES string of the molecule is CC(=O)O[C@H]1C(=O)[C@@]2(C)[C@H]([C@H](OC(=O)c3ccccc3)[C@]3(O)CC(OC(=O)[C@H](O)[C@@H](NC(=O)N(c4ccccc4)c4ccccc4)c4ccccc4)C(C)=C1C3(C)C)[C@]1(OC(C)=O)CO[C@@H]1C[C@@H]2O. The van der Waals surface area contributed by atoms with Crippen molar-refractivity contribution in [1.82, 2.24) is 5.32 Å². The predicted octanol–water partition coefficient (Wildman–Crippen LogP) is 5.85. The molecule has 2 amide bonds. The highest BCUT2D eigenvalue weighted by molar-refractivity contribution is 6.00. The van der Waals surface area contributed by atoms with Crippen LogP contribution in [0.1, 0.15) is 76.3 Å². The number of anilines is 2. The van der Waals surface area contributed by atoms with Crippen molar-refractivity contribution in [2.45, 2.75) is 108 Å². The lowest BCUT2D eigenvalue weighted by Gasteiger charge is -2.67. The lowest BCUT2D eigenvalue weighted by molar-refractivity contribution is -0.346. The van der Waals surface area contributed by atoms with Gasteiger partial charge in [0.2, 0.25) is 0 Å². The molecule has 3 fully saturated rings. The summed E-state index contributed by atoms with van der Waals surface area (Å²) in [6, 6.07) is 31.5. The molecule has 4 aliphatic rings. The average molecular weight is 945 g/mol. The topological polar surface area (TPSA) is 225 Å². The molecule has 1 saturated heterocycles. The number of rotatable bonds is 11. The quantitative estimate of drug-likeness (QED) is 0.0787. The minimum absolute atomic E-state index is 0.0147. The molecular weight excluding hydrogens is 889 g/mol. The first-order valence-corrected chi connectivity index (χ1v) is 22.8. The minimum Gasteiger partial charge on any atom is -0.456 e. The van der Waals surface area contributed by atoms with Gasteiger partial charge in [-0.15, -0.1) is 0 Å². The first-order valence-electron chi connectivity index (χ1n) is 22.8. The standard InChI is InChI=1S/C53H56N2O14/c1-30-37(67-48(62)42(59)41(33-19-11-7-12-20-33)54-49(63)55(35-23-15-9-16-24-35)36-25-17-10-18-26-36)28-53(64)46(68-47(61)34-21-13-8-14-22-34)44-51(6,38(58)27-39-52(44,29-65-39)69-32(3)57)45(60)43(66-31(2)56)40(30)50(53,4)5/h7-26,37-39,41-44,46,58-59,64H,27-29H2,1-6H3,(H,54,63)/t37?,38-,39+,41-,42+,43+,44-,46-,51+,52-,53+/m0/s1. The molecule has 2 saturated carbocycles. The molecular formula is C53H56N2O14. The molecule has 16 heteroatoms. The monoisotopic (exact) mass is 944 g/mol. The zero-order chi connectivity index (χ0) is 49.6. The second-order valence-corrected chi connectivity index (χ2v) is 19.0. The van der Waals surface area contributed by atoms with Gasteiger partial charge < -0.3 is 44.3 Å². The molecule has 4 aromatic carbocycles. The molecule has 69 heavy (non-hydrogen) atoms. The molecule has 362 valence electrons. The highest BCUT2D eigenvalue weighted by Crippen LogP contribution is 2.64. The number of carbonyl (C=O) groups excluding carboxylic acids is 6. The number of fused-ring (bicyclic) bond motifs is 5. The Kier molecular flexibility index (Phi) is 13.2. The fourth-order valence-electron chi connectivity index (χ4n) is 11.1. The Labute approximate surface area is 399 Å². The second-order valence-electron chi connectivity index (χ2n) is 19.0. The third-order valence-electron chi connectivity index (χ3n) is 14.7. The van der Waals surface area contributed by atoms with Crippen molar-refractivity contribution in [2.24, 2.45) is 16.7 Å². The Bertz CT molecular complexity index is 2610. The number of ketones is 1. The fraction of sp³-hybridized carbons (Fsp3) is 0.396. The van der Waals surface area contributed by atoms with E-state index in [9.17, 15) is 39.3 Å². The summed E-state index contributed by atoms with van der Waals surface area (Å²) < 4.78 is 30.6. The number of hydrogen-bond acceptors (Lipinski definition) is 14. The summed E-state index contributed by atoms with van der Waals surface area (Å²) in [6.45, 7) is 7.97. The van der Waals surface area contributed by atoms with Crippen LogP contribution < -0.4 is 10.2 Å². The molecule has 16 nitrogen and oxygen atoms in total. The number of esters is 4. The Balaban J connectivity index is 1.25. The number of hydrogen-bond donors (Lipinski definition) is 4. The van der Waals surface area contributed by atoms with Crippen molar-refractivity contribution in [3.8, 4) is 0 Å². The molecule has 1 heterocycles. The van der Waals surface area contributed by atoms with Gasteiger partial charge in [0.1, 0.15) is 23.9 Å². The number of nitrogens with zero attached hydrogens (tertiary/aromatic N) is 1. The van der Waals surface area contributed by atoms with Gasteiger partial charge in [0.05, 0.1) is 47.0 Å². The van der Waals surface area contributed by atoms with Crippen LogP contribution in [0.4, 0.5) is 16.2 Å². The summed E-state index contributed by atoms with van der Waals surface area (Å²) >= 11 is 0. The minimum atomic E-state index is -2.42. The van der Waals surface area contributed by atoms with Gasteiger partial charge in [0.25, 0.3) is 0 Å². The molecule has 4 aromatic rings. The van der Waals surface area contributed by atoms with Gasteiger partial charge in [0, 0.05) is 32.1 Å². The molecule has 1 aliphatic heterocycles. The maximum atomic E-state index is 15.6. The number of ether oxygens (including phenoxy) is 5. The van der Waals surface area contributed by atoms with E-state index >= 15 is 4.79 Å². The van der Waals surface area contributed by atoms with Gasteiger partial charge in [0.15, 0.2) is 23.6 Å². The van der Waals surface area contributed by atoms with Crippen LogP contribution in [0.5, 0.6) is 0 Å². The van der Waals surface area contributed by atoms with Crippen LogP contribution >= 0.6 is 0 Å². The zero-order valence-electron chi connectivity index (χ0n) is 39.1. The third-order valence-corrected chi connectivity index (χ3v) is 14.7. The van der Waals surface area contributed by atoms with Crippen LogP contribution in [0.2, 0.25) is 0 Å². The van der Waals surface area contributed by atoms with E-state index in [1.165, 1.54) is 30.9 Å². The number of carbonyl (C=O) groups is 6. The van der Waals surface area contributed by atoms with Gasteiger partial charge in [-0.25, -0.2) is 14.4 Å². The van der Waals surface area contributed by atoms with Gasteiger partial charge in [-0.2, -0.15) is 0 Å². The molecule has 0 radical (unpaired) electrons. The van der Waals surface area contributed by atoms with Gasteiger partial charge in [-0.1, -0.05) is 98.8 Å². The number of para-hydroxylation sites is 2. The van der Waals surface area contributed by atoms with Gasteiger partial charge >= 0.3 is 29.9 Å². The summed E-state index contributed by atoms with van der Waals surface area (Å²) in [7, 11) is 0. The summed E-state index contributed by atoms with van der Waals surface area (Å²) in [5.41, 5.74) is -6.46. The Morgan fingerprint density at radius 2 is 1.33 bits per heavy atom. The van der Waals surface area contributed by atoms with E-state index < -0.39 is 113 Å². The number of aliphatic hydroxyl groups excluding tert-OH is 2. The lowest BCUT2D eigenvalue weighted by Crippen LogP contribution is -2.82. The van der Waals surface area contributed by atoms with E-state index in [0.717, 1.165) is 13.8 Å². The van der Waals surface area contributed by atoms with Gasteiger partial charge in [-0.05, 0) is 67.0 Å². The third kappa shape index (κ3) is 8.38. The molecule has 1 unspecified atom stereocenters. The van der Waals surface area contributed by atoms with Crippen LogP contribution in [-0.4, -0.2) is 105 Å².